The molecule has 1 saturated heterocycles. The number of aromatic nitrogens is 2. The Morgan fingerprint density at radius 3 is 2.80 bits per heavy atom. The Bertz CT molecular complexity index is 361. The quantitative estimate of drug-likeness (QED) is 0.789. The Balaban J connectivity index is 1.94. The van der Waals surface area contributed by atoms with Crippen molar-refractivity contribution in [2.75, 3.05) is 25.0 Å². The van der Waals surface area contributed by atoms with Gasteiger partial charge in [0.25, 0.3) is 0 Å². The zero-order valence-corrected chi connectivity index (χ0v) is 9.03. The first kappa shape index (κ1) is 10.2. The van der Waals surface area contributed by atoms with Gasteiger partial charge in [0.05, 0.1) is 18.3 Å². The van der Waals surface area contributed by atoms with E-state index in [9.17, 15) is 4.79 Å². The Kier molecular flexibility index (Phi) is 2.73. The summed E-state index contributed by atoms with van der Waals surface area (Å²) in [6.07, 6.45) is 3.12. The van der Waals surface area contributed by atoms with Crippen molar-refractivity contribution >= 4 is 23.3 Å². The van der Waals surface area contributed by atoms with Crippen LogP contribution in [0.4, 0.5) is 5.82 Å². The maximum absolute atomic E-state index is 11.2. The number of carbonyl (C=O) groups is 1. The van der Waals surface area contributed by atoms with Crippen LogP contribution in [0.25, 0.3) is 0 Å². The topological polar surface area (TPSA) is 58.1 Å². The Morgan fingerprint density at radius 1 is 1.53 bits per heavy atom. The molecular formula is C9H11ClN4O. The largest absolute Gasteiger partial charge is 0.359 e. The molecule has 1 aromatic rings. The summed E-state index contributed by atoms with van der Waals surface area (Å²) in [6, 6.07) is 0. The average molecular weight is 227 g/mol. The van der Waals surface area contributed by atoms with Crippen molar-refractivity contribution in [1.82, 2.24) is 15.3 Å². The summed E-state index contributed by atoms with van der Waals surface area (Å²) in [7, 11) is 1.65. The number of anilines is 1. The standard InChI is InChI=1S/C9H11ClN4O/c1-11-9(15)6-4-14(5-6)8-3-12-7(10)2-13-8/h2-3,6H,4-5H2,1H3,(H,11,15). The van der Waals surface area contributed by atoms with E-state index >= 15 is 0 Å². The van der Waals surface area contributed by atoms with Crippen LogP contribution in [0.2, 0.25) is 5.15 Å². The van der Waals surface area contributed by atoms with Crippen LogP contribution in [0, 0.1) is 5.92 Å². The van der Waals surface area contributed by atoms with Crippen LogP contribution in [-0.2, 0) is 4.79 Å². The van der Waals surface area contributed by atoms with E-state index in [1.165, 1.54) is 6.20 Å². The molecule has 0 aliphatic carbocycles. The summed E-state index contributed by atoms with van der Waals surface area (Å²) in [6.45, 7) is 1.38. The highest BCUT2D eigenvalue weighted by Crippen LogP contribution is 2.22. The number of nitrogens with zero attached hydrogens (tertiary/aromatic N) is 3. The molecule has 0 unspecified atom stereocenters. The normalized spacial score (nSPS) is 16.0. The second-order valence-corrected chi connectivity index (χ2v) is 3.80. The number of amides is 1. The van der Waals surface area contributed by atoms with Gasteiger partial charge in [-0.1, -0.05) is 11.6 Å². The fourth-order valence-electron chi connectivity index (χ4n) is 1.50. The third-order valence-electron chi connectivity index (χ3n) is 2.43. The number of hydrogen-bond donors (Lipinski definition) is 1. The molecule has 2 heterocycles. The summed E-state index contributed by atoms with van der Waals surface area (Å²) in [5.74, 6) is 0.903. The van der Waals surface area contributed by atoms with Gasteiger partial charge in [0.1, 0.15) is 11.0 Å². The molecule has 1 aromatic heterocycles. The molecule has 1 aliphatic rings. The molecule has 1 aliphatic heterocycles. The molecule has 1 fully saturated rings. The lowest BCUT2D eigenvalue weighted by atomic mass is 9.99. The lowest BCUT2D eigenvalue weighted by molar-refractivity contribution is -0.125. The Morgan fingerprint density at radius 2 is 2.27 bits per heavy atom. The minimum Gasteiger partial charge on any atom is -0.359 e. The molecule has 0 atom stereocenters. The molecule has 1 amide bonds. The van der Waals surface area contributed by atoms with Crippen LogP contribution < -0.4 is 10.2 Å². The first-order valence-corrected chi connectivity index (χ1v) is 5.02. The van der Waals surface area contributed by atoms with E-state index in [2.05, 4.69) is 15.3 Å². The minimum atomic E-state index is 0.0625. The minimum absolute atomic E-state index is 0.0625. The average Bonchev–Trinajstić information content (AvgIpc) is 2.18. The van der Waals surface area contributed by atoms with Gasteiger partial charge in [0, 0.05) is 20.1 Å². The van der Waals surface area contributed by atoms with E-state index in [1.807, 2.05) is 4.90 Å². The highest BCUT2D eigenvalue weighted by molar-refractivity contribution is 6.29. The van der Waals surface area contributed by atoms with Crippen LogP contribution in [0.5, 0.6) is 0 Å². The van der Waals surface area contributed by atoms with Gasteiger partial charge in [0.15, 0.2) is 0 Å². The van der Waals surface area contributed by atoms with Crippen molar-refractivity contribution in [3.8, 4) is 0 Å². The fraction of sp³-hybridized carbons (Fsp3) is 0.444. The molecule has 1 N–H and O–H groups in total. The molecule has 15 heavy (non-hydrogen) atoms. The summed E-state index contributed by atoms with van der Waals surface area (Å²) in [4.78, 5) is 21.3. The number of rotatable bonds is 2. The van der Waals surface area contributed by atoms with Gasteiger partial charge in [-0.25, -0.2) is 9.97 Å². The van der Waals surface area contributed by atoms with E-state index in [0.717, 1.165) is 5.82 Å². The van der Waals surface area contributed by atoms with Crippen molar-refractivity contribution in [2.24, 2.45) is 5.92 Å². The molecule has 0 radical (unpaired) electrons. The number of nitrogens with one attached hydrogen (secondary N) is 1. The number of hydrogen-bond acceptors (Lipinski definition) is 4. The fourth-order valence-corrected chi connectivity index (χ4v) is 1.60. The molecule has 0 bridgehead atoms. The molecule has 2 rings (SSSR count). The summed E-state index contributed by atoms with van der Waals surface area (Å²) >= 11 is 5.62. The molecule has 0 spiro atoms. The maximum atomic E-state index is 11.2. The first-order valence-electron chi connectivity index (χ1n) is 4.65. The zero-order chi connectivity index (χ0) is 10.8. The summed E-state index contributed by atoms with van der Waals surface area (Å²) in [5.41, 5.74) is 0. The molecule has 0 aromatic carbocycles. The SMILES string of the molecule is CNC(=O)C1CN(c2cnc(Cl)cn2)C1. The Hall–Kier alpha value is -1.36. The van der Waals surface area contributed by atoms with Gasteiger partial charge in [-0.2, -0.15) is 0 Å². The van der Waals surface area contributed by atoms with Crippen LogP contribution in [0.1, 0.15) is 0 Å². The highest BCUT2D eigenvalue weighted by Gasteiger charge is 2.32. The van der Waals surface area contributed by atoms with Crippen molar-refractivity contribution in [1.29, 1.82) is 0 Å². The van der Waals surface area contributed by atoms with Crippen molar-refractivity contribution in [2.45, 2.75) is 0 Å². The number of carbonyl (C=O) groups excluding carboxylic acids is 1. The molecule has 80 valence electrons. The van der Waals surface area contributed by atoms with E-state index < -0.39 is 0 Å². The second-order valence-electron chi connectivity index (χ2n) is 3.41. The van der Waals surface area contributed by atoms with Crippen molar-refractivity contribution in [3.63, 3.8) is 0 Å². The van der Waals surface area contributed by atoms with Gasteiger partial charge in [0.2, 0.25) is 5.91 Å². The van der Waals surface area contributed by atoms with Gasteiger partial charge in [-0.3, -0.25) is 4.79 Å². The third kappa shape index (κ3) is 2.02. The van der Waals surface area contributed by atoms with E-state index in [4.69, 9.17) is 11.6 Å². The van der Waals surface area contributed by atoms with Crippen LogP contribution in [-0.4, -0.2) is 36.0 Å². The van der Waals surface area contributed by atoms with Crippen LogP contribution in [0.15, 0.2) is 12.4 Å². The predicted molar refractivity (Wildman–Crippen MR) is 56.8 cm³/mol. The van der Waals surface area contributed by atoms with Gasteiger partial charge >= 0.3 is 0 Å². The zero-order valence-electron chi connectivity index (χ0n) is 8.27. The number of halogens is 1. The lowest BCUT2D eigenvalue weighted by Crippen LogP contribution is -2.53. The smallest absolute Gasteiger partial charge is 0.226 e. The first-order chi connectivity index (χ1) is 7.20. The lowest BCUT2D eigenvalue weighted by Gasteiger charge is -2.38. The van der Waals surface area contributed by atoms with Gasteiger partial charge in [-0.05, 0) is 0 Å². The predicted octanol–water partition coefficient (Wildman–Crippen LogP) is 0.312. The molecule has 0 saturated carbocycles. The molecular weight excluding hydrogens is 216 g/mol. The van der Waals surface area contributed by atoms with Gasteiger partial charge in [-0.15, -0.1) is 0 Å². The summed E-state index contributed by atoms with van der Waals surface area (Å²) < 4.78 is 0. The molecule has 6 heteroatoms. The second kappa shape index (κ2) is 4.02. The van der Waals surface area contributed by atoms with Gasteiger partial charge < -0.3 is 10.2 Å². The molecule has 5 nitrogen and oxygen atoms in total. The van der Waals surface area contributed by atoms with Crippen LogP contribution >= 0.6 is 11.6 Å². The van der Waals surface area contributed by atoms with Crippen molar-refractivity contribution in [3.05, 3.63) is 17.5 Å². The van der Waals surface area contributed by atoms with Crippen molar-refractivity contribution < 1.29 is 4.79 Å². The Labute approximate surface area is 92.5 Å². The highest BCUT2D eigenvalue weighted by atomic mass is 35.5. The van der Waals surface area contributed by atoms with Crippen LogP contribution in [0.3, 0.4) is 0 Å². The third-order valence-corrected chi connectivity index (χ3v) is 2.62. The van der Waals surface area contributed by atoms with E-state index in [1.54, 1.807) is 13.2 Å². The van der Waals surface area contributed by atoms with E-state index in [-0.39, 0.29) is 11.8 Å². The maximum Gasteiger partial charge on any atom is 0.226 e. The monoisotopic (exact) mass is 226 g/mol. The summed E-state index contributed by atoms with van der Waals surface area (Å²) in [5, 5.41) is 3.00. The van der Waals surface area contributed by atoms with E-state index in [0.29, 0.717) is 18.2 Å².